The van der Waals surface area contributed by atoms with Crippen LogP contribution in [0.25, 0.3) is 0 Å². The third-order valence-corrected chi connectivity index (χ3v) is 3.70. The minimum Gasteiger partial charge on any atom is -0.381 e. The van der Waals surface area contributed by atoms with Crippen LogP contribution in [0.15, 0.2) is 36.4 Å². The van der Waals surface area contributed by atoms with E-state index in [1.807, 2.05) is 0 Å². The van der Waals surface area contributed by atoms with E-state index in [2.05, 4.69) is 0 Å². The highest BCUT2D eigenvalue weighted by molar-refractivity contribution is 6.42. The monoisotopic (exact) mass is 302 g/mol. The van der Waals surface area contributed by atoms with Gasteiger partial charge in [-0.3, -0.25) is 0 Å². The lowest BCUT2D eigenvalue weighted by atomic mass is 9.88. The van der Waals surface area contributed by atoms with Gasteiger partial charge in [-0.1, -0.05) is 41.4 Å². The van der Waals surface area contributed by atoms with Gasteiger partial charge in [-0.25, -0.2) is 8.78 Å². The van der Waals surface area contributed by atoms with Gasteiger partial charge >= 0.3 is 0 Å². The van der Waals surface area contributed by atoms with Crippen molar-refractivity contribution in [1.29, 1.82) is 0 Å². The number of benzene rings is 2. The Kier molecular flexibility index (Phi) is 3.81. The summed E-state index contributed by atoms with van der Waals surface area (Å²) < 4.78 is 27.0. The predicted octanol–water partition coefficient (Wildman–Crippen LogP) is 4.53. The number of halogens is 4. The lowest BCUT2D eigenvalue weighted by Gasteiger charge is -2.25. The van der Waals surface area contributed by atoms with Crippen molar-refractivity contribution >= 4 is 23.2 Å². The summed E-state index contributed by atoms with van der Waals surface area (Å²) >= 11 is 11.7. The van der Waals surface area contributed by atoms with Gasteiger partial charge in [0.15, 0.2) is 11.6 Å². The molecular formula is C14H10Cl2F2O. The fraction of sp³-hybridized carbons (Fsp3) is 0.143. The van der Waals surface area contributed by atoms with Crippen LogP contribution in [0.1, 0.15) is 18.1 Å². The van der Waals surface area contributed by atoms with Crippen molar-refractivity contribution < 1.29 is 13.9 Å². The first-order chi connectivity index (χ1) is 8.84. The molecule has 1 atom stereocenters. The third-order valence-electron chi connectivity index (χ3n) is 2.96. The van der Waals surface area contributed by atoms with Gasteiger partial charge in [0, 0.05) is 5.56 Å². The number of rotatable bonds is 2. The summed E-state index contributed by atoms with van der Waals surface area (Å²) in [6.07, 6.45) is 0. The summed E-state index contributed by atoms with van der Waals surface area (Å²) in [5, 5.41) is 11.0. The average Bonchev–Trinajstić information content (AvgIpc) is 2.35. The number of aliphatic hydroxyl groups is 1. The second-order valence-corrected chi connectivity index (χ2v) is 5.12. The van der Waals surface area contributed by atoms with Crippen molar-refractivity contribution in [3.8, 4) is 0 Å². The lowest BCUT2D eigenvalue weighted by Crippen LogP contribution is -2.24. The van der Waals surface area contributed by atoms with Crippen LogP contribution in [0.3, 0.4) is 0 Å². The predicted molar refractivity (Wildman–Crippen MR) is 71.5 cm³/mol. The van der Waals surface area contributed by atoms with Crippen LogP contribution in [0.2, 0.25) is 10.0 Å². The first-order valence-corrected chi connectivity index (χ1v) is 6.22. The van der Waals surface area contributed by atoms with Crippen LogP contribution in [0.5, 0.6) is 0 Å². The Bertz CT molecular complexity index is 627. The van der Waals surface area contributed by atoms with Crippen molar-refractivity contribution in [2.75, 3.05) is 0 Å². The minimum absolute atomic E-state index is 0.161. The van der Waals surface area contributed by atoms with Crippen molar-refractivity contribution in [3.05, 3.63) is 69.2 Å². The molecule has 0 heterocycles. The molecule has 2 aromatic rings. The van der Waals surface area contributed by atoms with Gasteiger partial charge in [-0.2, -0.15) is 0 Å². The molecule has 2 aromatic carbocycles. The smallest absolute Gasteiger partial charge is 0.165 e. The molecule has 1 N–H and O–H groups in total. The van der Waals surface area contributed by atoms with Crippen molar-refractivity contribution in [3.63, 3.8) is 0 Å². The van der Waals surface area contributed by atoms with Crippen LogP contribution in [0, 0.1) is 11.6 Å². The molecule has 5 heteroatoms. The normalized spacial score (nSPS) is 14.2. The molecule has 1 unspecified atom stereocenters. The highest BCUT2D eigenvalue weighted by Gasteiger charge is 2.30. The van der Waals surface area contributed by atoms with E-state index in [1.165, 1.54) is 37.3 Å². The Morgan fingerprint density at radius 3 is 2.37 bits per heavy atom. The van der Waals surface area contributed by atoms with E-state index in [0.717, 1.165) is 6.07 Å². The standard InChI is InChI=1S/C14H10Cl2F2O/c1-14(19,8-5-6-10(15)11(16)7-8)9-3-2-4-12(17)13(9)18/h2-7,19H,1H3. The largest absolute Gasteiger partial charge is 0.381 e. The van der Waals surface area contributed by atoms with E-state index >= 15 is 0 Å². The molecule has 0 bridgehead atoms. The molecule has 0 saturated carbocycles. The molecule has 100 valence electrons. The first kappa shape index (κ1) is 14.3. The molecule has 19 heavy (non-hydrogen) atoms. The van der Waals surface area contributed by atoms with Gasteiger partial charge in [-0.05, 0) is 30.7 Å². The zero-order chi connectivity index (χ0) is 14.2. The van der Waals surface area contributed by atoms with Gasteiger partial charge in [0.1, 0.15) is 5.60 Å². The summed E-state index contributed by atoms with van der Waals surface area (Å²) in [5.41, 5.74) is -1.54. The van der Waals surface area contributed by atoms with Crippen LogP contribution >= 0.6 is 23.2 Å². The van der Waals surface area contributed by atoms with Crippen LogP contribution in [0.4, 0.5) is 8.78 Å². The molecule has 0 radical (unpaired) electrons. The molecule has 0 aliphatic heterocycles. The van der Waals surface area contributed by atoms with Gasteiger partial charge in [0.05, 0.1) is 10.0 Å². The maximum absolute atomic E-state index is 13.8. The molecule has 0 saturated heterocycles. The van der Waals surface area contributed by atoms with E-state index in [1.54, 1.807) is 0 Å². The van der Waals surface area contributed by atoms with Crippen LogP contribution < -0.4 is 0 Å². The molecule has 1 nitrogen and oxygen atoms in total. The highest BCUT2D eigenvalue weighted by Crippen LogP contribution is 2.34. The maximum atomic E-state index is 13.8. The van der Waals surface area contributed by atoms with Crippen molar-refractivity contribution in [2.24, 2.45) is 0 Å². The Balaban J connectivity index is 2.58. The van der Waals surface area contributed by atoms with E-state index < -0.39 is 17.2 Å². The average molecular weight is 303 g/mol. The Morgan fingerprint density at radius 1 is 1.05 bits per heavy atom. The lowest BCUT2D eigenvalue weighted by molar-refractivity contribution is 0.0970. The summed E-state index contributed by atoms with van der Waals surface area (Å²) in [6.45, 7) is 1.37. The molecule has 2 rings (SSSR count). The molecule has 0 spiro atoms. The zero-order valence-corrected chi connectivity index (χ0v) is 11.4. The van der Waals surface area contributed by atoms with Crippen LogP contribution in [-0.4, -0.2) is 5.11 Å². The van der Waals surface area contributed by atoms with Crippen LogP contribution in [-0.2, 0) is 5.60 Å². The van der Waals surface area contributed by atoms with E-state index in [-0.39, 0.29) is 10.6 Å². The van der Waals surface area contributed by atoms with Gasteiger partial charge < -0.3 is 5.11 Å². The van der Waals surface area contributed by atoms with Gasteiger partial charge in [0.25, 0.3) is 0 Å². The minimum atomic E-state index is -1.71. The third kappa shape index (κ3) is 2.59. The molecule has 0 amide bonds. The maximum Gasteiger partial charge on any atom is 0.165 e. The Labute approximate surface area is 119 Å². The molecule has 0 aliphatic rings. The summed E-state index contributed by atoms with van der Waals surface area (Å²) in [5.74, 6) is -2.10. The van der Waals surface area contributed by atoms with E-state index in [4.69, 9.17) is 23.2 Å². The summed E-state index contributed by atoms with van der Waals surface area (Å²) in [7, 11) is 0. The molecular weight excluding hydrogens is 293 g/mol. The topological polar surface area (TPSA) is 20.2 Å². The summed E-state index contributed by atoms with van der Waals surface area (Å²) in [6, 6.07) is 8.07. The number of hydrogen-bond acceptors (Lipinski definition) is 1. The highest BCUT2D eigenvalue weighted by atomic mass is 35.5. The molecule has 0 aromatic heterocycles. The van der Waals surface area contributed by atoms with E-state index in [0.29, 0.717) is 10.6 Å². The fourth-order valence-electron chi connectivity index (χ4n) is 1.83. The Morgan fingerprint density at radius 2 is 1.74 bits per heavy atom. The second kappa shape index (κ2) is 5.08. The summed E-state index contributed by atoms with van der Waals surface area (Å²) in [4.78, 5) is 0. The van der Waals surface area contributed by atoms with Crippen molar-refractivity contribution in [2.45, 2.75) is 12.5 Å². The second-order valence-electron chi connectivity index (χ2n) is 4.30. The van der Waals surface area contributed by atoms with Gasteiger partial charge in [0.2, 0.25) is 0 Å². The zero-order valence-electron chi connectivity index (χ0n) is 9.92. The number of hydrogen-bond donors (Lipinski definition) is 1. The molecule has 0 fully saturated rings. The van der Waals surface area contributed by atoms with Gasteiger partial charge in [-0.15, -0.1) is 0 Å². The SMILES string of the molecule is CC(O)(c1ccc(Cl)c(Cl)c1)c1cccc(F)c1F. The molecule has 0 aliphatic carbocycles. The Hall–Kier alpha value is -1.16. The fourth-order valence-corrected chi connectivity index (χ4v) is 2.13. The first-order valence-electron chi connectivity index (χ1n) is 5.46. The quantitative estimate of drug-likeness (QED) is 0.864. The van der Waals surface area contributed by atoms with Crippen molar-refractivity contribution in [1.82, 2.24) is 0 Å². The van der Waals surface area contributed by atoms with E-state index in [9.17, 15) is 13.9 Å².